The first kappa shape index (κ1) is 12.4. The van der Waals surface area contributed by atoms with Crippen molar-refractivity contribution >= 4 is 17.4 Å². The van der Waals surface area contributed by atoms with Gasteiger partial charge in [0.1, 0.15) is 5.82 Å². The van der Waals surface area contributed by atoms with E-state index in [4.69, 9.17) is 22.5 Å². The Labute approximate surface area is 110 Å². The lowest BCUT2D eigenvalue weighted by molar-refractivity contribution is 0.318. The molecule has 0 amide bonds. The van der Waals surface area contributed by atoms with Crippen LogP contribution >= 0.6 is 11.6 Å². The molecule has 0 spiro atoms. The van der Waals surface area contributed by atoms with E-state index in [2.05, 4.69) is 10.1 Å². The third-order valence-corrected chi connectivity index (χ3v) is 2.87. The van der Waals surface area contributed by atoms with Crippen LogP contribution < -0.4 is 5.73 Å². The van der Waals surface area contributed by atoms with Crippen molar-refractivity contribution in [2.75, 3.05) is 0 Å². The first-order chi connectivity index (χ1) is 8.67. The molecule has 18 heavy (non-hydrogen) atoms. The number of hydrogen-bond acceptors (Lipinski definition) is 3. The van der Waals surface area contributed by atoms with Gasteiger partial charge in [-0.15, -0.1) is 0 Å². The smallest absolute Gasteiger partial charge is 0.172 e. The minimum absolute atomic E-state index is 0.0169. The SMILES string of the molecule is CCc1nccn1-c1ccc(Cl)cc1/C(N)=N/O. The molecular formula is C12H13ClN4O. The summed E-state index contributed by atoms with van der Waals surface area (Å²) in [7, 11) is 0. The fraction of sp³-hybridized carbons (Fsp3) is 0.167. The number of imidazole rings is 1. The predicted molar refractivity (Wildman–Crippen MR) is 70.5 cm³/mol. The van der Waals surface area contributed by atoms with E-state index in [0.29, 0.717) is 10.6 Å². The van der Waals surface area contributed by atoms with Crippen LogP contribution in [0.5, 0.6) is 0 Å². The van der Waals surface area contributed by atoms with Gasteiger partial charge < -0.3 is 15.5 Å². The quantitative estimate of drug-likeness (QED) is 0.386. The monoisotopic (exact) mass is 264 g/mol. The highest BCUT2D eigenvalue weighted by molar-refractivity contribution is 6.31. The van der Waals surface area contributed by atoms with Gasteiger partial charge in [0, 0.05) is 29.4 Å². The summed E-state index contributed by atoms with van der Waals surface area (Å²) >= 11 is 5.94. The number of nitrogens with zero attached hydrogens (tertiary/aromatic N) is 3. The molecule has 0 aliphatic rings. The Kier molecular flexibility index (Phi) is 3.53. The van der Waals surface area contributed by atoms with Crippen molar-refractivity contribution in [1.29, 1.82) is 0 Å². The number of benzene rings is 1. The molecule has 1 heterocycles. The van der Waals surface area contributed by atoms with E-state index in [1.807, 2.05) is 23.8 Å². The number of rotatable bonds is 3. The normalized spacial score (nSPS) is 11.8. The van der Waals surface area contributed by atoms with Crippen LogP contribution in [0.1, 0.15) is 18.3 Å². The highest BCUT2D eigenvalue weighted by atomic mass is 35.5. The van der Waals surface area contributed by atoms with Gasteiger partial charge in [0.05, 0.1) is 5.69 Å². The Morgan fingerprint density at radius 3 is 3.00 bits per heavy atom. The molecule has 0 aliphatic carbocycles. The van der Waals surface area contributed by atoms with Crippen molar-refractivity contribution in [2.45, 2.75) is 13.3 Å². The van der Waals surface area contributed by atoms with Crippen LogP contribution in [0.2, 0.25) is 5.02 Å². The van der Waals surface area contributed by atoms with Gasteiger partial charge in [-0.25, -0.2) is 4.98 Å². The van der Waals surface area contributed by atoms with Gasteiger partial charge >= 0.3 is 0 Å². The molecule has 3 N–H and O–H groups in total. The Balaban J connectivity index is 2.64. The number of amidine groups is 1. The maximum atomic E-state index is 8.82. The van der Waals surface area contributed by atoms with E-state index < -0.39 is 0 Å². The van der Waals surface area contributed by atoms with Gasteiger partial charge in [-0.05, 0) is 18.2 Å². The van der Waals surface area contributed by atoms with Crippen molar-refractivity contribution in [2.24, 2.45) is 10.9 Å². The number of halogens is 1. The Morgan fingerprint density at radius 2 is 2.33 bits per heavy atom. The fourth-order valence-electron chi connectivity index (χ4n) is 1.79. The second-order valence-corrected chi connectivity index (χ2v) is 4.15. The molecule has 1 aromatic carbocycles. The van der Waals surface area contributed by atoms with E-state index in [-0.39, 0.29) is 5.84 Å². The summed E-state index contributed by atoms with van der Waals surface area (Å²) in [6.45, 7) is 2.01. The van der Waals surface area contributed by atoms with Crippen LogP contribution in [0.15, 0.2) is 35.7 Å². The zero-order chi connectivity index (χ0) is 13.1. The largest absolute Gasteiger partial charge is 0.409 e. The first-order valence-electron chi connectivity index (χ1n) is 5.47. The summed E-state index contributed by atoms with van der Waals surface area (Å²) in [4.78, 5) is 4.25. The summed E-state index contributed by atoms with van der Waals surface area (Å²) in [6, 6.07) is 5.23. The maximum absolute atomic E-state index is 8.82. The molecule has 1 aromatic heterocycles. The molecule has 0 unspecified atom stereocenters. The molecule has 0 saturated heterocycles. The molecule has 6 heteroatoms. The average Bonchev–Trinajstić information content (AvgIpc) is 2.85. The highest BCUT2D eigenvalue weighted by Gasteiger charge is 2.12. The van der Waals surface area contributed by atoms with Gasteiger partial charge in [0.2, 0.25) is 0 Å². The Hall–Kier alpha value is -2.01. The second kappa shape index (κ2) is 5.10. The number of aromatic nitrogens is 2. The summed E-state index contributed by atoms with van der Waals surface area (Å²) in [5.41, 5.74) is 7.02. The van der Waals surface area contributed by atoms with Crippen LogP contribution in [0.4, 0.5) is 0 Å². The average molecular weight is 265 g/mol. The van der Waals surface area contributed by atoms with Gasteiger partial charge in [0.25, 0.3) is 0 Å². The van der Waals surface area contributed by atoms with E-state index in [1.54, 1.807) is 18.3 Å². The van der Waals surface area contributed by atoms with Crippen LogP contribution in [-0.2, 0) is 6.42 Å². The fourth-order valence-corrected chi connectivity index (χ4v) is 1.96. The van der Waals surface area contributed by atoms with Gasteiger partial charge in [0.15, 0.2) is 5.84 Å². The number of hydrogen-bond donors (Lipinski definition) is 2. The van der Waals surface area contributed by atoms with E-state index in [9.17, 15) is 0 Å². The summed E-state index contributed by atoms with van der Waals surface area (Å²) in [5.74, 6) is 0.910. The number of aryl methyl sites for hydroxylation is 1. The minimum Gasteiger partial charge on any atom is -0.409 e. The zero-order valence-electron chi connectivity index (χ0n) is 9.84. The molecule has 94 valence electrons. The molecule has 0 aliphatic heterocycles. The predicted octanol–water partition coefficient (Wildman–Crippen LogP) is 2.18. The number of oxime groups is 1. The Morgan fingerprint density at radius 1 is 1.56 bits per heavy atom. The van der Waals surface area contributed by atoms with Crippen LogP contribution in [0, 0.1) is 0 Å². The van der Waals surface area contributed by atoms with Crippen LogP contribution in [-0.4, -0.2) is 20.6 Å². The molecule has 0 bridgehead atoms. The van der Waals surface area contributed by atoms with Crippen molar-refractivity contribution in [3.63, 3.8) is 0 Å². The second-order valence-electron chi connectivity index (χ2n) is 3.71. The van der Waals surface area contributed by atoms with Crippen molar-refractivity contribution in [3.05, 3.63) is 47.0 Å². The highest BCUT2D eigenvalue weighted by Crippen LogP contribution is 2.21. The van der Waals surface area contributed by atoms with Gasteiger partial charge in [-0.2, -0.15) is 0 Å². The first-order valence-corrected chi connectivity index (χ1v) is 5.85. The van der Waals surface area contributed by atoms with E-state index in [0.717, 1.165) is 17.9 Å². The Bertz CT molecular complexity index is 592. The van der Waals surface area contributed by atoms with Crippen molar-refractivity contribution in [3.8, 4) is 5.69 Å². The topological polar surface area (TPSA) is 76.4 Å². The van der Waals surface area contributed by atoms with Gasteiger partial charge in [-0.3, -0.25) is 0 Å². The van der Waals surface area contributed by atoms with Crippen molar-refractivity contribution in [1.82, 2.24) is 9.55 Å². The summed E-state index contributed by atoms with van der Waals surface area (Å²) < 4.78 is 1.89. The van der Waals surface area contributed by atoms with Gasteiger partial charge in [-0.1, -0.05) is 23.7 Å². The number of nitrogens with two attached hydrogens (primary N) is 1. The minimum atomic E-state index is 0.0169. The molecule has 0 radical (unpaired) electrons. The summed E-state index contributed by atoms with van der Waals surface area (Å²) in [6.07, 6.45) is 4.32. The molecule has 2 aromatic rings. The van der Waals surface area contributed by atoms with Crippen LogP contribution in [0.25, 0.3) is 5.69 Å². The van der Waals surface area contributed by atoms with Crippen LogP contribution in [0.3, 0.4) is 0 Å². The zero-order valence-corrected chi connectivity index (χ0v) is 10.6. The third-order valence-electron chi connectivity index (χ3n) is 2.64. The third kappa shape index (κ3) is 2.17. The molecule has 2 rings (SSSR count). The lowest BCUT2D eigenvalue weighted by Gasteiger charge is -2.12. The van der Waals surface area contributed by atoms with E-state index >= 15 is 0 Å². The molecule has 0 atom stereocenters. The van der Waals surface area contributed by atoms with E-state index in [1.165, 1.54) is 0 Å². The molecule has 0 fully saturated rings. The molecule has 0 saturated carbocycles. The lowest BCUT2D eigenvalue weighted by atomic mass is 10.1. The van der Waals surface area contributed by atoms with Crippen molar-refractivity contribution < 1.29 is 5.21 Å². The maximum Gasteiger partial charge on any atom is 0.172 e. The molecular weight excluding hydrogens is 252 g/mol. The molecule has 5 nitrogen and oxygen atoms in total. The summed E-state index contributed by atoms with van der Waals surface area (Å²) in [5, 5.41) is 12.4. The lowest BCUT2D eigenvalue weighted by Crippen LogP contribution is -2.17. The standard InChI is InChI=1S/C12H13ClN4O/c1-2-11-15-5-6-17(11)10-4-3-8(13)7-9(10)12(14)16-18/h3-7,18H,2H2,1H3,(H2,14,16).